The second-order valence-corrected chi connectivity index (χ2v) is 6.76. The Bertz CT molecular complexity index is 963. The second kappa shape index (κ2) is 7.75. The summed E-state index contributed by atoms with van der Waals surface area (Å²) in [6.07, 6.45) is 5.36. The fourth-order valence-corrected chi connectivity index (χ4v) is 3.51. The van der Waals surface area contributed by atoms with Gasteiger partial charge in [-0.1, -0.05) is 5.21 Å². The predicted octanol–water partition coefficient (Wildman–Crippen LogP) is 2.68. The molecule has 0 bridgehead atoms. The Kier molecular flexibility index (Phi) is 5.01. The van der Waals surface area contributed by atoms with Gasteiger partial charge in [0.2, 0.25) is 0 Å². The van der Waals surface area contributed by atoms with Crippen molar-refractivity contribution in [1.82, 2.24) is 25.3 Å². The number of nitrogens with zero attached hydrogens (tertiary/aromatic N) is 5. The van der Waals surface area contributed by atoms with Crippen molar-refractivity contribution in [3.8, 4) is 11.3 Å². The summed E-state index contributed by atoms with van der Waals surface area (Å²) in [5.74, 6) is 0.311. The number of rotatable bonds is 4. The van der Waals surface area contributed by atoms with E-state index in [0.29, 0.717) is 11.4 Å². The van der Waals surface area contributed by atoms with Gasteiger partial charge in [-0.3, -0.25) is 4.79 Å². The van der Waals surface area contributed by atoms with Crippen LogP contribution in [-0.2, 0) is 0 Å². The van der Waals surface area contributed by atoms with Gasteiger partial charge in [0.25, 0.3) is 5.91 Å². The molecular weight excluding hydrogens is 359 g/mol. The van der Waals surface area contributed by atoms with Crippen LogP contribution in [-0.4, -0.2) is 46.0 Å². The minimum Gasteiger partial charge on any atom is -0.356 e. The molecular formula is C20H21FN6O. The molecule has 3 heterocycles. The molecule has 2 aromatic heterocycles. The zero-order valence-corrected chi connectivity index (χ0v) is 15.5. The maximum atomic E-state index is 13.1. The summed E-state index contributed by atoms with van der Waals surface area (Å²) in [4.78, 5) is 18.7. The van der Waals surface area contributed by atoms with E-state index in [1.807, 2.05) is 10.9 Å². The number of nitrogens with one attached hydrogen (secondary N) is 1. The van der Waals surface area contributed by atoms with Gasteiger partial charge in [0.05, 0.1) is 17.8 Å². The van der Waals surface area contributed by atoms with E-state index in [4.69, 9.17) is 0 Å². The zero-order valence-electron chi connectivity index (χ0n) is 15.5. The van der Waals surface area contributed by atoms with E-state index >= 15 is 0 Å². The van der Waals surface area contributed by atoms with E-state index in [9.17, 15) is 9.18 Å². The van der Waals surface area contributed by atoms with Crippen molar-refractivity contribution in [1.29, 1.82) is 0 Å². The molecule has 0 atom stereocenters. The molecule has 1 N–H and O–H groups in total. The first-order valence-electron chi connectivity index (χ1n) is 9.25. The fraction of sp³-hybridized carbons (Fsp3) is 0.300. The SMILES string of the molecule is CNC(=O)c1cccnc1N1CCC(n2cc(-c3ccc(F)cc3)nn2)CC1. The molecule has 8 heteroatoms. The average molecular weight is 380 g/mol. The molecule has 3 aromatic rings. The van der Waals surface area contributed by atoms with Crippen LogP contribution in [0, 0.1) is 5.82 Å². The predicted molar refractivity (Wildman–Crippen MR) is 104 cm³/mol. The Morgan fingerprint density at radius 2 is 1.93 bits per heavy atom. The molecule has 1 fully saturated rings. The number of piperidine rings is 1. The number of hydrogen-bond donors (Lipinski definition) is 1. The molecule has 7 nitrogen and oxygen atoms in total. The Balaban J connectivity index is 1.45. The standard InChI is InChI=1S/C20H21FN6O/c1-22-20(28)17-3-2-10-23-19(17)26-11-8-16(9-12-26)27-13-18(24-25-27)14-4-6-15(21)7-5-14/h2-7,10,13,16H,8-9,11-12H2,1H3,(H,22,28). The normalized spacial score (nSPS) is 14.9. The second-order valence-electron chi connectivity index (χ2n) is 6.76. The van der Waals surface area contributed by atoms with Crippen molar-refractivity contribution < 1.29 is 9.18 Å². The third-order valence-electron chi connectivity index (χ3n) is 5.05. The lowest BCUT2D eigenvalue weighted by molar-refractivity contribution is 0.0963. The van der Waals surface area contributed by atoms with Crippen molar-refractivity contribution in [3.63, 3.8) is 0 Å². The highest BCUT2D eigenvalue weighted by atomic mass is 19.1. The quantitative estimate of drug-likeness (QED) is 0.753. The average Bonchev–Trinajstić information content (AvgIpc) is 3.24. The number of halogens is 1. The number of benzene rings is 1. The van der Waals surface area contributed by atoms with Crippen molar-refractivity contribution >= 4 is 11.7 Å². The molecule has 0 spiro atoms. The van der Waals surface area contributed by atoms with Gasteiger partial charge >= 0.3 is 0 Å². The van der Waals surface area contributed by atoms with Crippen LogP contribution in [0.5, 0.6) is 0 Å². The van der Waals surface area contributed by atoms with Gasteiger partial charge in [-0.2, -0.15) is 0 Å². The summed E-state index contributed by atoms with van der Waals surface area (Å²) in [5, 5.41) is 11.2. The van der Waals surface area contributed by atoms with Crippen LogP contribution >= 0.6 is 0 Å². The Morgan fingerprint density at radius 3 is 2.64 bits per heavy atom. The number of hydrogen-bond acceptors (Lipinski definition) is 5. The van der Waals surface area contributed by atoms with E-state index in [-0.39, 0.29) is 17.8 Å². The van der Waals surface area contributed by atoms with E-state index in [2.05, 4.69) is 25.5 Å². The van der Waals surface area contributed by atoms with Crippen molar-refractivity contribution in [2.24, 2.45) is 0 Å². The maximum absolute atomic E-state index is 13.1. The first kappa shape index (κ1) is 18.1. The molecule has 1 aliphatic heterocycles. The van der Waals surface area contributed by atoms with Gasteiger partial charge < -0.3 is 10.2 Å². The van der Waals surface area contributed by atoms with Crippen LogP contribution < -0.4 is 10.2 Å². The lowest BCUT2D eigenvalue weighted by Gasteiger charge is -2.33. The molecule has 0 aliphatic carbocycles. The third kappa shape index (κ3) is 3.58. The minimum atomic E-state index is -0.269. The first-order valence-corrected chi connectivity index (χ1v) is 9.25. The summed E-state index contributed by atoms with van der Waals surface area (Å²) in [6.45, 7) is 1.55. The number of pyridine rings is 1. The molecule has 4 rings (SSSR count). The number of amides is 1. The van der Waals surface area contributed by atoms with Crippen LogP contribution in [0.25, 0.3) is 11.3 Å². The molecule has 0 radical (unpaired) electrons. The lowest BCUT2D eigenvalue weighted by atomic mass is 10.0. The van der Waals surface area contributed by atoms with Crippen LogP contribution in [0.3, 0.4) is 0 Å². The molecule has 0 saturated carbocycles. The van der Waals surface area contributed by atoms with Gasteiger partial charge in [-0.15, -0.1) is 5.10 Å². The molecule has 0 unspecified atom stereocenters. The van der Waals surface area contributed by atoms with Crippen LogP contribution in [0.15, 0.2) is 48.8 Å². The van der Waals surface area contributed by atoms with Gasteiger partial charge in [0, 0.05) is 31.9 Å². The Hall–Kier alpha value is -3.29. The number of carbonyl (C=O) groups excluding carboxylic acids is 1. The largest absolute Gasteiger partial charge is 0.356 e. The van der Waals surface area contributed by atoms with Gasteiger partial charge in [0.1, 0.15) is 17.3 Å². The molecule has 1 saturated heterocycles. The van der Waals surface area contributed by atoms with Gasteiger partial charge in [-0.05, 0) is 49.2 Å². The maximum Gasteiger partial charge on any atom is 0.254 e. The summed E-state index contributed by atoms with van der Waals surface area (Å²) in [7, 11) is 1.62. The molecule has 144 valence electrons. The Morgan fingerprint density at radius 1 is 1.18 bits per heavy atom. The van der Waals surface area contributed by atoms with Gasteiger partial charge in [-0.25, -0.2) is 14.1 Å². The number of carbonyl (C=O) groups is 1. The van der Waals surface area contributed by atoms with E-state index in [1.54, 1.807) is 37.5 Å². The smallest absolute Gasteiger partial charge is 0.254 e. The highest BCUT2D eigenvalue weighted by molar-refractivity contribution is 5.98. The lowest BCUT2D eigenvalue weighted by Crippen LogP contribution is -2.37. The van der Waals surface area contributed by atoms with E-state index < -0.39 is 0 Å². The highest BCUT2D eigenvalue weighted by Crippen LogP contribution is 2.28. The van der Waals surface area contributed by atoms with E-state index in [1.165, 1.54) is 12.1 Å². The summed E-state index contributed by atoms with van der Waals surface area (Å²) in [5.41, 5.74) is 2.16. The fourth-order valence-electron chi connectivity index (χ4n) is 3.51. The summed E-state index contributed by atoms with van der Waals surface area (Å²) < 4.78 is 15.0. The van der Waals surface area contributed by atoms with Crippen LogP contribution in [0.2, 0.25) is 0 Å². The topological polar surface area (TPSA) is 75.9 Å². The van der Waals surface area contributed by atoms with Gasteiger partial charge in [0.15, 0.2) is 0 Å². The zero-order chi connectivity index (χ0) is 19.5. The highest BCUT2D eigenvalue weighted by Gasteiger charge is 2.25. The van der Waals surface area contributed by atoms with Crippen LogP contribution in [0.4, 0.5) is 10.2 Å². The first-order chi connectivity index (χ1) is 13.7. The minimum absolute atomic E-state index is 0.134. The van der Waals surface area contributed by atoms with Crippen molar-refractivity contribution in [3.05, 3.63) is 60.2 Å². The van der Waals surface area contributed by atoms with Crippen LogP contribution in [0.1, 0.15) is 29.2 Å². The Labute approximate surface area is 162 Å². The third-order valence-corrected chi connectivity index (χ3v) is 5.05. The van der Waals surface area contributed by atoms with Crippen molar-refractivity contribution in [2.45, 2.75) is 18.9 Å². The molecule has 1 aromatic carbocycles. The summed E-state index contributed by atoms with van der Waals surface area (Å²) >= 11 is 0. The number of aromatic nitrogens is 4. The number of anilines is 1. The molecule has 1 amide bonds. The van der Waals surface area contributed by atoms with Crippen molar-refractivity contribution in [2.75, 3.05) is 25.0 Å². The molecule has 28 heavy (non-hydrogen) atoms. The van der Waals surface area contributed by atoms with E-state index in [0.717, 1.165) is 37.2 Å². The molecule has 1 aliphatic rings. The monoisotopic (exact) mass is 380 g/mol. The summed E-state index contributed by atoms with van der Waals surface area (Å²) in [6, 6.07) is 10.0.